The minimum atomic E-state index is -0.104. The number of nitrogens with one attached hydrogen (secondary N) is 1. The Morgan fingerprint density at radius 1 is 1.15 bits per heavy atom. The van der Waals surface area contributed by atoms with E-state index < -0.39 is 0 Å². The minimum absolute atomic E-state index is 0.104. The van der Waals surface area contributed by atoms with Crippen LogP contribution in [-0.2, 0) is 17.8 Å². The van der Waals surface area contributed by atoms with Gasteiger partial charge in [0.2, 0.25) is 5.91 Å². The number of nitrogens with zero attached hydrogens (tertiary/aromatic N) is 3. The third kappa shape index (κ3) is 5.09. The molecule has 0 aliphatic heterocycles. The molecule has 1 heterocycles. The number of benzene rings is 2. The van der Waals surface area contributed by atoms with E-state index in [-0.39, 0.29) is 11.7 Å². The van der Waals surface area contributed by atoms with Gasteiger partial charge in [0.15, 0.2) is 5.16 Å². The van der Waals surface area contributed by atoms with Gasteiger partial charge in [0.1, 0.15) is 5.82 Å². The lowest BCUT2D eigenvalue weighted by Gasteiger charge is -2.09. The molecule has 3 aromatic rings. The zero-order valence-corrected chi connectivity index (χ0v) is 15.9. The van der Waals surface area contributed by atoms with E-state index >= 15 is 0 Å². The Morgan fingerprint density at radius 2 is 1.96 bits per heavy atom. The number of hydrogen-bond donors (Lipinski definition) is 1. The summed E-state index contributed by atoms with van der Waals surface area (Å²) >= 11 is 7.31. The van der Waals surface area contributed by atoms with Gasteiger partial charge >= 0.3 is 0 Å². The summed E-state index contributed by atoms with van der Waals surface area (Å²) in [5.74, 6) is 1.00. The molecule has 5 nitrogen and oxygen atoms in total. The van der Waals surface area contributed by atoms with Crippen molar-refractivity contribution in [3.8, 4) is 0 Å². The Bertz CT molecular complexity index is 882. The van der Waals surface area contributed by atoms with E-state index in [1.807, 2.05) is 29.7 Å². The van der Waals surface area contributed by atoms with Crippen LogP contribution in [0.3, 0.4) is 0 Å². The second-order valence-electron chi connectivity index (χ2n) is 5.76. The molecule has 0 radical (unpaired) electrons. The van der Waals surface area contributed by atoms with Gasteiger partial charge in [-0.15, -0.1) is 10.2 Å². The van der Waals surface area contributed by atoms with Gasteiger partial charge in [-0.2, -0.15) is 0 Å². The zero-order chi connectivity index (χ0) is 18.4. The molecule has 7 heteroatoms. The SMILES string of the molecule is Cc1nnc(SCC(=O)Nc2cccc(Cl)c2)n1CCc1ccccc1. The zero-order valence-electron chi connectivity index (χ0n) is 14.4. The monoisotopic (exact) mass is 386 g/mol. The second-order valence-corrected chi connectivity index (χ2v) is 7.14. The fourth-order valence-corrected chi connectivity index (χ4v) is 3.51. The van der Waals surface area contributed by atoms with Crippen LogP contribution in [0.25, 0.3) is 0 Å². The number of rotatable bonds is 7. The molecule has 1 N–H and O–H groups in total. The van der Waals surface area contributed by atoms with Gasteiger partial charge in [-0.05, 0) is 37.1 Å². The van der Waals surface area contributed by atoms with E-state index in [1.165, 1.54) is 17.3 Å². The summed E-state index contributed by atoms with van der Waals surface area (Å²) in [6.07, 6.45) is 0.891. The largest absolute Gasteiger partial charge is 0.325 e. The van der Waals surface area contributed by atoms with Gasteiger partial charge < -0.3 is 9.88 Å². The van der Waals surface area contributed by atoms with E-state index in [4.69, 9.17) is 11.6 Å². The molecule has 0 aliphatic carbocycles. The van der Waals surface area contributed by atoms with Gasteiger partial charge in [0.05, 0.1) is 5.75 Å². The smallest absolute Gasteiger partial charge is 0.234 e. The lowest BCUT2D eigenvalue weighted by molar-refractivity contribution is -0.113. The van der Waals surface area contributed by atoms with Crippen molar-refractivity contribution in [3.05, 3.63) is 71.0 Å². The third-order valence-corrected chi connectivity index (χ3v) is 5.01. The number of carbonyl (C=O) groups excluding carboxylic acids is 1. The quantitative estimate of drug-likeness (QED) is 0.618. The Kier molecular flexibility index (Phi) is 6.30. The Hall–Kier alpha value is -2.31. The number of carbonyl (C=O) groups is 1. The average Bonchev–Trinajstić information content (AvgIpc) is 2.99. The van der Waals surface area contributed by atoms with E-state index in [1.54, 1.807) is 24.3 Å². The molecule has 0 atom stereocenters. The maximum Gasteiger partial charge on any atom is 0.234 e. The van der Waals surface area contributed by atoms with Crippen molar-refractivity contribution in [1.82, 2.24) is 14.8 Å². The summed E-state index contributed by atoms with van der Waals surface area (Å²) in [6, 6.07) is 17.4. The highest BCUT2D eigenvalue weighted by Crippen LogP contribution is 2.19. The van der Waals surface area contributed by atoms with Crippen LogP contribution in [0.1, 0.15) is 11.4 Å². The topological polar surface area (TPSA) is 59.8 Å². The Morgan fingerprint density at radius 3 is 2.73 bits per heavy atom. The van der Waals surface area contributed by atoms with Gasteiger partial charge in [-0.25, -0.2) is 0 Å². The molecule has 0 fully saturated rings. The van der Waals surface area contributed by atoms with Crippen molar-refractivity contribution in [2.24, 2.45) is 0 Å². The van der Waals surface area contributed by atoms with Gasteiger partial charge in [0, 0.05) is 17.3 Å². The van der Waals surface area contributed by atoms with Gasteiger partial charge in [-0.1, -0.05) is 59.8 Å². The molecule has 0 spiro atoms. The first kappa shape index (κ1) is 18.5. The number of halogens is 1. The van der Waals surface area contributed by atoms with E-state index in [9.17, 15) is 4.79 Å². The highest BCUT2D eigenvalue weighted by Gasteiger charge is 2.12. The number of aryl methyl sites for hydroxylation is 2. The van der Waals surface area contributed by atoms with Crippen LogP contribution < -0.4 is 5.32 Å². The molecular weight excluding hydrogens is 368 g/mol. The lowest BCUT2D eigenvalue weighted by atomic mass is 10.1. The maximum absolute atomic E-state index is 12.2. The Balaban J connectivity index is 1.57. The van der Waals surface area contributed by atoms with Crippen LogP contribution >= 0.6 is 23.4 Å². The fraction of sp³-hybridized carbons (Fsp3) is 0.211. The molecule has 26 heavy (non-hydrogen) atoms. The first-order valence-corrected chi connectivity index (χ1v) is 9.60. The summed E-state index contributed by atoms with van der Waals surface area (Å²) in [4.78, 5) is 12.2. The highest BCUT2D eigenvalue weighted by molar-refractivity contribution is 7.99. The fourth-order valence-electron chi connectivity index (χ4n) is 2.50. The lowest BCUT2D eigenvalue weighted by Crippen LogP contribution is -2.15. The molecule has 134 valence electrons. The van der Waals surface area contributed by atoms with Crippen LogP contribution in [0.4, 0.5) is 5.69 Å². The van der Waals surface area contributed by atoms with Crippen LogP contribution in [0.15, 0.2) is 59.8 Å². The van der Waals surface area contributed by atoms with Crippen LogP contribution in [0, 0.1) is 6.92 Å². The van der Waals surface area contributed by atoms with Crippen molar-refractivity contribution >= 4 is 35.0 Å². The number of anilines is 1. The summed E-state index contributed by atoms with van der Waals surface area (Å²) < 4.78 is 2.05. The first-order valence-electron chi connectivity index (χ1n) is 8.24. The molecule has 0 unspecified atom stereocenters. The van der Waals surface area contributed by atoms with Gasteiger partial charge in [0.25, 0.3) is 0 Å². The van der Waals surface area contributed by atoms with Gasteiger partial charge in [-0.3, -0.25) is 4.79 Å². The normalized spacial score (nSPS) is 10.7. The number of thioether (sulfide) groups is 1. The molecule has 0 aliphatic rings. The third-order valence-electron chi connectivity index (χ3n) is 3.81. The number of aromatic nitrogens is 3. The molecule has 2 aromatic carbocycles. The van der Waals surface area contributed by atoms with Crippen LogP contribution in [0.5, 0.6) is 0 Å². The Labute approximate surface area is 161 Å². The van der Waals surface area contributed by atoms with E-state index in [2.05, 4.69) is 27.6 Å². The second kappa shape index (κ2) is 8.87. The van der Waals surface area contributed by atoms with Crippen molar-refractivity contribution in [2.75, 3.05) is 11.1 Å². The summed E-state index contributed by atoms with van der Waals surface area (Å²) in [5.41, 5.74) is 1.94. The minimum Gasteiger partial charge on any atom is -0.325 e. The molecule has 3 rings (SSSR count). The predicted molar refractivity (Wildman–Crippen MR) is 106 cm³/mol. The summed E-state index contributed by atoms with van der Waals surface area (Å²) in [5, 5.41) is 12.5. The first-order chi connectivity index (χ1) is 12.6. The molecule has 0 bridgehead atoms. The van der Waals surface area contributed by atoms with Crippen molar-refractivity contribution in [1.29, 1.82) is 0 Å². The highest BCUT2D eigenvalue weighted by atomic mass is 35.5. The summed E-state index contributed by atoms with van der Waals surface area (Å²) in [6.45, 7) is 2.70. The summed E-state index contributed by atoms with van der Waals surface area (Å²) in [7, 11) is 0. The molecular formula is C19H19ClN4OS. The molecule has 1 amide bonds. The molecule has 0 saturated carbocycles. The average molecular weight is 387 g/mol. The van der Waals surface area contributed by atoms with E-state index in [0.29, 0.717) is 10.7 Å². The number of hydrogen-bond acceptors (Lipinski definition) is 4. The standard InChI is InChI=1S/C19H19ClN4OS/c1-14-22-23-19(24(14)11-10-15-6-3-2-4-7-15)26-13-18(25)21-17-9-5-8-16(20)12-17/h2-9,12H,10-11,13H2,1H3,(H,21,25). The number of amides is 1. The van der Waals surface area contributed by atoms with Crippen molar-refractivity contribution < 1.29 is 4.79 Å². The van der Waals surface area contributed by atoms with E-state index in [0.717, 1.165) is 23.9 Å². The molecule has 0 saturated heterocycles. The molecule has 1 aromatic heterocycles. The van der Waals surface area contributed by atoms with Crippen LogP contribution in [-0.4, -0.2) is 26.4 Å². The maximum atomic E-state index is 12.2. The van der Waals surface area contributed by atoms with Crippen molar-refractivity contribution in [2.45, 2.75) is 25.0 Å². The van der Waals surface area contributed by atoms with Crippen molar-refractivity contribution in [3.63, 3.8) is 0 Å². The predicted octanol–water partition coefficient (Wildman–Crippen LogP) is 4.21. The van der Waals surface area contributed by atoms with Crippen LogP contribution in [0.2, 0.25) is 5.02 Å².